The Hall–Kier alpha value is -6.12. The number of nitrogens with zero attached hydrogens (tertiary/aromatic N) is 2. The maximum absolute atomic E-state index is 6.00. The number of rotatable bonds is 17. The predicted octanol–water partition coefficient (Wildman–Crippen LogP) is 10.4. The van der Waals surface area contributed by atoms with Crippen molar-refractivity contribution in [3.05, 3.63) is 241 Å². The van der Waals surface area contributed by atoms with Gasteiger partial charge in [-0.05, 0) is 106 Å². The molecule has 0 unspecified atom stereocenters. The van der Waals surface area contributed by atoms with Crippen molar-refractivity contribution in [2.45, 2.75) is 13.2 Å². The Kier molecular flexibility index (Phi) is 14.4. The molecule has 0 aromatic heterocycles. The van der Waals surface area contributed by atoms with E-state index in [1.54, 1.807) is 0 Å². The van der Waals surface area contributed by atoms with Crippen molar-refractivity contribution in [2.75, 3.05) is 13.2 Å². The molecule has 0 atom stereocenters. The lowest BCUT2D eigenvalue weighted by atomic mass is 10.2. The Labute approximate surface area is 356 Å². The molecule has 0 aliphatic carbocycles. The average molecular weight is 817 g/mol. The minimum Gasteiger partial charge on any atom is -0.374 e. The molecule has 6 heteroatoms. The van der Waals surface area contributed by atoms with Crippen LogP contribution in [-0.4, -0.2) is 25.6 Å². The Bertz CT molecular complexity index is 2360. The number of ether oxygens (including phenoxy) is 2. The van der Waals surface area contributed by atoms with Crippen LogP contribution in [0.5, 0.6) is 0 Å². The minimum atomic E-state index is -0.677. The lowest BCUT2D eigenvalue weighted by Gasteiger charge is -2.19. The molecule has 0 N–H and O–H groups in total. The van der Waals surface area contributed by atoms with Gasteiger partial charge in [-0.15, -0.1) is 0 Å². The fourth-order valence-corrected chi connectivity index (χ4v) is 11.6. The topological polar surface area (TPSA) is 43.2 Å². The van der Waals surface area contributed by atoms with Crippen LogP contribution >= 0.6 is 15.8 Å². The van der Waals surface area contributed by atoms with E-state index in [0.29, 0.717) is 26.4 Å². The van der Waals surface area contributed by atoms with Crippen LogP contribution in [0.3, 0.4) is 0 Å². The Morgan fingerprint density at radius 3 is 1.03 bits per heavy atom. The van der Waals surface area contributed by atoms with E-state index in [1.807, 2.05) is 36.7 Å². The van der Waals surface area contributed by atoms with Gasteiger partial charge in [0, 0.05) is 12.4 Å². The summed E-state index contributed by atoms with van der Waals surface area (Å²) in [7, 11) is -1.35. The van der Waals surface area contributed by atoms with Crippen molar-refractivity contribution in [2.24, 2.45) is 9.98 Å². The zero-order valence-corrected chi connectivity index (χ0v) is 35.2. The zero-order chi connectivity index (χ0) is 40.6. The number of hydrogen-bond donors (Lipinski definition) is 0. The van der Waals surface area contributed by atoms with Gasteiger partial charge in [-0.1, -0.05) is 182 Å². The van der Waals surface area contributed by atoms with E-state index >= 15 is 0 Å². The van der Waals surface area contributed by atoms with Crippen LogP contribution in [0.25, 0.3) is 0 Å². The first kappa shape index (κ1) is 40.7. The minimum absolute atomic E-state index is 0.491. The number of hydrogen-bond acceptors (Lipinski definition) is 4. The first-order valence-corrected chi connectivity index (χ1v) is 22.9. The van der Waals surface area contributed by atoms with Crippen LogP contribution in [0.2, 0.25) is 0 Å². The zero-order valence-electron chi connectivity index (χ0n) is 33.4. The molecule has 0 radical (unpaired) electrons. The molecule has 0 spiro atoms. The van der Waals surface area contributed by atoms with Gasteiger partial charge in [0.25, 0.3) is 0 Å². The largest absolute Gasteiger partial charge is 0.374 e. The SMILES string of the molecule is C(=Nc1cccc(COCCOCc2cccc(N=Cc3cccc(P(c4ccccc4)c4ccccc4)c3)c2)c1)c1cccc(P(c2ccccc2)c2ccccc2)c1. The number of aliphatic imine (C=N–C) groups is 2. The van der Waals surface area contributed by atoms with Crippen LogP contribution in [0.1, 0.15) is 22.3 Å². The molecule has 60 heavy (non-hydrogen) atoms. The molecular weight excluding hydrogens is 771 g/mol. The molecule has 0 aliphatic heterocycles. The van der Waals surface area contributed by atoms with Gasteiger partial charge in [0.05, 0.1) is 37.8 Å². The molecule has 0 saturated carbocycles. The second-order valence-electron chi connectivity index (χ2n) is 14.2. The summed E-state index contributed by atoms with van der Waals surface area (Å²) in [6.45, 7) is 1.97. The third kappa shape index (κ3) is 11.3. The summed E-state index contributed by atoms with van der Waals surface area (Å²) >= 11 is 0. The summed E-state index contributed by atoms with van der Waals surface area (Å²) in [6, 6.07) is 77.0. The van der Waals surface area contributed by atoms with Gasteiger partial charge < -0.3 is 9.47 Å². The smallest absolute Gasteiger partial charge is 0.0718 e. The summed E-state index contributed by atoms with van der Waals surface area (Å²) in [6.07, 6.45) is 3.90. The lowest BCUT2D eigenvalue weighted by Crippen LogP contribution is -2.20. The summed E-state index contributed by atoms with van der Waals surface area (Å²) in [5.41, 5.74) is 6.08. The number of benzene rings is 8. The summed E-state index contributed by atoms with van der Waals surface area (Å²) < 4.78 is 12.0. The standard InChI is InChI=1S/C54H46N2O2P2/c1-5-23-49(24-6-1)59(50-25-7-2-8-26-50)53-31-15-17-43(37-53)39-55-47-21-13-19-45(35-47)41-57-33-34-58-42-46-20-14-22-48(36-46)56-40-44-18-16-32-54(38-44)60(51-27-9-3-10-28-51)52-29-11-4-12-30-52/h1-32,35-40H,33-34,41-42H2. The molecule has 294 valence electrons. The van der Waals surface area contributed by atoms with E-state index in [0.717, 1.165) is 33.6 Å². The van der Waals surface area contributed by atoms with Crippen LogP contribution in [0.15, 0.2) is 228 Å². The quantitative estimate of drug-likeness (QED) is 0.0522. The van der Waals surface area contributed by atoms with Crippen molar-refractivity contribution in [3.8, 4) is 0 Å². The van der Waals surface area contributed by atoms with Gasteiger partial charge in [-0.25, -0.2) is 0 Å². The molecule has 4 nitrogen and oxygen atoms in total. The van der Waals surface area contributed by atoms with Gasteiger partial charge in [0.2, 0.25) is 0 Å². The highest BCUT2D eigenvalue weighted by molar-refractivity contribution is 7.80. The summed E-state index contributed by atoms with van der Waals surface area (Å²) in [4.78, 5) is 9.68. The van der Waals surface area contributed by atoms with Crippen LogP contribution in [-0.2, 0) is 22.7 Å². The molecule has 0 amide bonds. The third-order valence-electron chi connectivity index (χ3n) is 9.77. The Balaban J connectivity index is 0.820. The van der Waals surface area contributed by atoms with Gasteiger partial charge in [-0.2, -0.15) is 0 Å². The highest BCUT2D eigenvalue weighted by Gasteiger charge is 2.17. The molecule has 0 fully saturated rings. The van der Waals surface area contributed by atoms with Crippen LogP contribution in [0.4, 0.5) is 11.4 Å². The Morgan fingerprint density at radius 2 is 0.667 bits per heavy atom. The lowest BCUT2D eigenvalue weighted by molar-refractivity contribution is 0.0339. The molecular formula is C54H46N2O2P2. The average Bonchev–Trinajstić information content (AvgIpc) is 3.31. The van der Waals surface area contributed by atoms with E-state index in [2.05, 4.69) is 194 Å². The first-order valence-electron chi connectivity index (χ1n) is 20.2. The normalized spacial score (nSPS) is 11.6. The van der Waals surface area contributed by atoms with E-state index in [4.69, 9.17) is 19.5 Å². The second kappa shape index (κ2) is 21.2. The molecule has 0 aliphatic rings. The monoisotopic (exact) mass is 816 g/mol. The third-order valence-corrected chi connectivity index (χ3v) is 14.6. The second-order valence-corrected chi connectivity index (χ2v) is 18.6. The van der Waals surface area contributed by atoms with Crippen LogP contribution in [0, 0.1) is 0 Å². The fraction of sp³-hybridized carbons (Fsp3) is 0.0741. The van der Waals surface area contributed by atoms with E-state index < -0.39 is 15.8 Å². The van der Waals surface area contributed by atoms with Crippen molar-refractivity contribution < 1.29 is 9.47 Å². The maximum Gasteiger partial charge on any atom is 0.0718 e. The molecule has 0 bridgehead atoms. The van der Waals surface area contributed by atoms with Crippen LogP contribution < -0.4 is 31.8 Å². The highest BCUT2D eigenvalue weighted by Crippen LogP contribution is 2.34. The van der Waals surface area contributed by atoms with Crippen molar-refractivity contribution in [1.29, 1.82) is 0 Å². The van der Waals surface area contributed by atoms with Gasteiger partial charge in [-0.3, -0.25) is 9.98 Å². The molecule has 8 aromatic carbocycles. The molecule has 0 saturated heterocycles. The van der Waals surface area contributed by atoms with Crippen molar-refractivity contribution in [1.82, 2.24) is 0 Å². The predicted molar refractivity (Wildman–Crippen MR) is 257 cm³/mol. The van der Waals surface area contributed by atoms with E-state index in [9.17, 15) is 0 Å². The van der Waals surface area contributed by atoms with E-state index in [-0.39, 0.29) is 0 Å². The first-order chi connectivity index (χ1) is 29.7. The van der Waals surface area contributed by atoms with Gasteiger partial charge in [0.15, 0.2) is 0 Å². The van der Waals surface area contributed by atoms with Crippen molar-refractivity contribution >= 4 is 71.5 Å². The molecule has 0 heterocycles. The summed E-state index contributed by atoms with van der Waals surface area (Å²) in [5.74, 6) is 0. The Morgan fingerprint density at radius 1 is 0.333 bits per heavy atom. The molecule has 8 aromatic rings. The maximum atomic E-state index is 6.00. The fourth-order valence-electron chi connectivity index (χ4n) is 6.94. The van der Waals surface area contributed by atoms with E-state index in [1.165, 1.54) is 31.8 Å². The van der Waals surface area contributed by atoms with Gasteiger partial charge >= 0.3 is 0 Å². The van der Waals surface area contributed by atoms with Gasteiger partial charge in [0.1, 0.15) is 0 Å². The summed E-state index contributed by atoms with van der Waals surface area (Å²) in [5, 5.41) is 7.92. The van der Waals surface area contributed by atoms with Crippen molar-refractivity contribution in [3.63, 3.8) is 0 Å². The highest BCUT2D eigenvalue weighted by atomic mass is 31.1. The molecule has 8 rings (SSSR count).